The van der Waals surface area contributed by atoms with Crippen LogP contribution in [0.4, 0.5) is 22.0 Å². The van der Waals surface area contributed by atoms with Gasteiger partial charge < -0.3 is 10.1 Å². The SMILES string of the molecule is CCc1nc(C(=O)NCC2CCC(C)CC2)c(Cl)n1-c1ncc(CCCC(F)(F)F)cc1OC(F)F. The third-order valence-electron chi connectivity index (χ3n) is 6.35. The molecule has 1 fully saturated rings. The van der Waals surface area contributed by atoms with Gasteiger partial charge in [0.25, 0.3) is 5.91 Å². The molecular formula is C24H30ClF5N4O2. The fourth-order valence-corrected chi connectivity index (χ4v) is 4.66. The van der Waals surface area contributed by atoms with Gasteiger partial charge in [0.2, 0.25) is 0 Å². The van der Waals surface area contributed by atoms with E-state index in [4.69, 9.17) is 11.6 Å². The fourth-order valence-electron chi connectivity index (χ4n) is 4.35. The molecule has 1 aliphatic carbocycles. The van der Waals surface area contributed by atoms with Gasteiger partial charge in [0.1, 0.15) is 11.0 Å². The Hall–Kier alpha value is -2.43. The van der Waals surface area contributed by atoms with E-state index in [1.165, 1.54) is 16.8 Å². The van der Waals surface area contributed by atoms with E-state index in [-0.39, 0.29) is 35.3 Å². The van der Waals surface area contributed by atoms with Gasteiger partial charge >= 0.3 is 12.8 Å². The maximum Gasteiger partial charge on any atom is 0.389 e. The summed E-state index contributed by atoms with van der Waals surface area (Å²) in [5, 5.41) is 2.76. The lowest BCUT2D eigenvalue weighted by Gasteiger charge is -2.26. The summed E-state index contributed by atoms with van der Waals surface area (Å²) in [5.41, 5.74) is 0.240. The van der Waals surface area contributed by atoms with Gasteiger partial charge in [-0.15, -0.1) is 0 Å². The predicted molar refractivity (Wildman–Crippen MR) is 125 cm³/mol. The zero-order chi connectivity index (χ0) is 26.5. The van der Waals surface area contributed by atoms with Crippen LogP contribution in [0, 0.1) is 11.8 Å². The second-order valence-corrected chi connectivity index (χ2v) is 9.56. The molecule has 6 nitrogen and oxygen atoms in total. The van der Waals surface area contributed by atoms with Crippen molar-refractivity contribution < 1.29 is 31.5 Å². The standard InChI is InChI=1S/C24H30ClF5N4O2/c1-3-18-33-19(22(35)32-12-15-8-6-14(2)7-9-15)20(25)34(18)21-17(36-23(26)27)11-16(13-31-21)5-4-10-24(28,29)30/h11,13-15,23H,3-10,12H2,1-2H3,(H,32,35). The Morgan fingerprint density at radius 3 is 2.58 bits per heavy atom. The maximum atomic E-state index is 13.2. The number of imidazole rings is 1. The highest BCUT2D eigenvalue weighted by Gasteiger charge is 2.28. The Morgan fingerprint density at radius 2 is 1.97 bits per heavy atom. The van der Waals surface area contributed by atoms with E-state index in [2.05, 4.69) is 26.9 Å². The number of amides is 1. The molecule has 36 heavy (non-hydrogen) atoms. The van der Waals surface area contributed by atoms with Crippen molar-refractivity contribution in [2.45, 2.75) is 78.0 Å². The summed E-state index contributed by atoms with van der Waals surface area (Å²) in [6.07, 6.45) is 0.275. The molecule has 1 amide bonds. The van der Waals surface area contributed by atoms with Crippen LogP contribution in [0.25, 0.3) is 5.82 Å². The van der Waals surface area contributed by atoms with E-state index in [0.717, 1.165) is 25.7 Å². The Morgan fingerprint density at radius 1 is 1.28 bits per heavy atom. The first-order chi connectivity index (χ1) is 17.0. The van der Waals surface area contributed by atoms with Crippen molar-refractivity contribution >= 4 is 17.5 Å². The van der Waals surface area contributed by atoms with Crippen LogP contribution in [0.15, 0.2) is 12.3 Å². The van der Waals surface area contributed by atoms with Gasteiger partial charge in [-0.05, 0) is 49.1 Å². The average Bonchev–Trinajstić information content (AvgIpc) is 3.13. The summed E-state index contributed by atoms with van der Waals surface area (Å²) in [4.78, 5) is 21.3. The Labute approximate surface area is 211 Å². The van der Waals surface area contributed by atoms with E-state index in [9.17, 15) is 26.7 Å². The molecule has 0 saturated heterocycles. The zero-order valence-corrected chi connectivity index (χ0v) is 20.9. The molecule has 200 valence electrons. The number of hydrogen-bond donors (Lipinski definition) is 1. The van der Waals surface area contributed by atoms with Gasteiger partial charge in [0.15, 0.2) is 17.3 Å². The summed E-state index contributed by atoms with van der Waals surface area (Å²) >= 11 is 6.49. The lowest BCUT2D eigenvalue weighted by molar-refractivity contribution is -0.135. The largest absolute Gasteiger partial charge is 0.431 e. The van der Waals surface area contributed by atoms with Gasteiger partial charge in [-0.2, -0.15) is 22.0 Å². The van der Waals surface area contributed by atoms with E-state index in [1.807, 2.05) is 0 Å². The molecule has 0 atom stereocenters. The second kappa shape index (κ2) is 12.2. The van der Waals surface area contributed by atoms with Crippen molar-refractivity contribution in [1.29, 1.82) is 0 Å². The highest BCUT2D eigenvalue weighted by Crippen LogP contribution is 2.32. The number of hydrogen-bond acceptors (Lipinski definition) is 4. The lowest BCUT2D eigenvalue weighted by Crippen LogP contribution is -2.31. The van der Waals surface area contributed by atoms with Gasteiger partial charge in [0, 0.05) is 25.6 Å². The number of halogens is 6. The van der Waals surface area contributed by atoms with Crippen molar-refractivity contribution in [3.05, 3.63) is 34.5 Å². The molecule has 3 rings (SSSR count). The number of carbonyl (C=O) groups is 1. The highest BCUT2D eigenvalue weighted by atomic mass is 35.5. The smallest absolute Gasteiger partial charge is 0.389 e. The molecule has 2 aromatic rings. The Bertz CT molecular complexity index is 1040. The van der Waals surface area contributed by atoms with E-state index < -0.39 is 25.1 Å². The topological polar surface area (TPSA) is 69.0 Å². The van der Waals surface area contributed by atoms with Crippen LogP contribution in [0.5, 0.6) is 5.75 Å². The third kappa shape index (κ3) is 7.54. The third-order valence-corrected chi connectivity index (χ3v) is 6.70. The normalized spacial score (nSPS) is 18.5. The molecule has 0 radical (unpaired) electrons. The van der Waals surface area contributed by atoms with E-state index in [0.29, 0.717) is 36.2 Å². The number of rotatable bonds is 10. The summed E-state index contributed by atoms with van der Waals surface area (Å²) in [5.74, 6) is 0.383. The first kappa shape index (κ1) is 28.1. The molecule has 1 saturated carbocycles. The number of ether oxygens (including phenoxy) is 1. The van der Waals surface area contributed by atoms with Crippen LogP contribution in [0.1, 0.15) is 74.2 Å². The fraction of sp³-hybridized carbons (Fsp3) is 0.625. The summed E-state index contributed by atoms with van der Waals surface area (Å²) in [6.45, 7) is 1.24. The molecule has 0 spiro atoms. The molecule has 2 aromatic heterocycles. The minimum Gasteiger partial charge on any atom is -0.431 e. The number of aromatic nitrogens is 3. The molecule has 12 heteroatoms. The molecule has 0 bridgehead atoms. The molecule has 0 unspecified atom stereocenters. The molecular weight excluding hydrogens is 507 g/mol. The van der Waals surface area contributed by atoms with Gasteiger partial charge in [-0.1, -0.05) is 38.3 Å². The maximum absolute atomic E-state index is 13.2. The zero-order valence-electron chi connectivity index (χ0n) is 20.2. The van der Waals surface area contributed by atoms with Crippen molar-refractivity contribution in [2.24, 2.45) is 11.8 Å². The minimum absolute atomic E-state index is 0.0295. The predicted octanol–water partition coefficient (Wildman–Crippen LogP) is 6.53. The van der Waals surface area contributed by atoms with Gasteiger partial charge in [-0.25, -0.2) is 9.97 Å². The Balaban J connectivity index is 1.84. The molecule has 0 aliphatic heterocycles. The van der Waals surface area contributed by atoms with Gasteiger partial charge in [-0.3, -0.25) is 9.36 Å². The summed E-state index contributed by atoms with van der Waals surface area (Å²) < 4.78 is 69.6. The monoisotopic (exact) mass is 536 g/mol. The lowest BCUT2D eigenvalue weighted by atomic mass is 9.83. The van der Waals surface area contributed by atoms with E-state index in [1.54, 1.807) is 6.92 Å². The van der Waals surface area contributed by atoms with Crippen molar-refractivity contribution in [3.63, 3.8) is 0 Å². The summed E-state index contributed by atoms with van der Waals surface area (Å²) in [7, 11) is 0. The quantitative estimate of drug-likeness (QED) is 0.351. The summed E-state index contributed by atoms with van der Waals surface area (Å²) in [6, 6.07) is 1.21. The number of nitrogens with one attached hydrogen (secondary N) is 1. The van der Waals surface area contributed by atoms with Crippen molar-refractivity contribution in [3.8, 4) is 11.6 Å². The van der Waals surface area contributed by atoms with Crippen LogP contribution in [-0.4, -0.2) is 39.8 Å². The molecule has 0 aromatic carbocycles. The average molecular weight is 537 g/mol. The second-order valence-electron chi connectivity index (χ2n) is 9.20. The highest BCUT2D eigenvalue weighted by molar-refractivity contribution is 6.32. The van der Waals surface area contributed by atoms with Crippen molar-refractivity contribution in [2.75, 3.05) is 6.54 Å². The number of aryl methyl sites for hydroxylation is 2. The van der Waals surface area contributed by atoms with Crippen LogP contribution in [0.3, 0.4) is 0 Å². The van der Waals surface area contributed by atoms with Crippen LogP contribution >= 0.6 is 11.6 Å². The van der Waals surface area contributed by atoms with Crippen LogP contribution < -0.4 is 10.1 Å². The minimum atomic E-state index is -4.32. The first-order valence-corrected chi connectivity index (χ1v) is 12.4. The molecule has 2 heterocycles. The van der Waals surface area contributed by atoms with E-state index >= 15 is 0 Å². The van der Waals surface area contributed by atoms with Crippen LogP contribution in [-0.2, 0) is 12.8 Å². The van der Waals surface area contributed by atoms with Crippen molar-refractivity contribution in [1.82, 2.24) is 19.9 Å². The first-order valence-electron chi connectivity index (χ1n) is 12.0. The number of carbonyl (C=O) groups excluding carboxylic acids is 1. The van der Waals surface area contributed by atoms with Crippen LogP contribution in [0.2, 0.25) is 5.15 Å². The number of pyridine rings is 1. The van der Waals surface area contributed by atoms with Gasteiger partial charge in [0.05, 0.1) is 0 Å². The number of nitrogens with zero attached hydrogens (tertiary/aromatic N) is 3. The molecule has 1 aliphatic rings. The molecule has 1 N–H and O–H groups in total. The number of alkyl halides is 5. The Kier molecular flexibility index (Phi) is 9.54.